The molecule has 2 amide bonds. The number of halogens is 3. The van der Waals surface area contributed by atoms with E-state index in [-0.39, 0.29) is 24.6 Å². The molecule has 0 radical (unpaired) electrons. The van der Waals surface area contributed by atoms with Gasteiger partial charge in [-0.2, -0.15) is 13.2 Å². The van der Waals surface area contributed by atoms with E-state index in [4.69, 9.17) is 4.74 Å². The quantitative estimate of drug-likeness (QED) is 0.429. The lowest BCUT2D eigenvalue weighted by atomic mass is 10.1. The number of carbonyl (C=O) groups is 2. The van der Waals surface area contributed by atoms with E-state index < -0.39 is 22.9 Å². The second kappa shape index (κ2) is 10.9. The molecule has 0 aromatic heterocycles. The highest BCUT2D eigenvalue weighted by Crippen LogP contribution is 2.34. The Morgan fingerprint density at radius 3 is 2.44 bits per heavy atom. The van der Waals surface area contributed by atoms with Crippen LogP contribution < -0.4 is 10.1 Å². The first-order valence-corrected chi connectivity index (χ1v) is 11.8. The van der Waals surface area contributed by atoms with E-state index in [1.807, 2.05) is 30.3 Å². The maximum atomic E-state index is 13.3. The number of methoxy groups -OCH3 is 1. The van der Waals surface area contributed by atoms with Gasteiger partial charge in [0, 0.05) is 12.1 Å². The highest BCUT2D eigenvalue weighted by atomic mass is 32.2. The lowest BCUT2D eigenvalue weighted by molar-refractivity contribution is -0.137. The van der Waals surface area contributed by atoms with Crippen molar-refractivity contribution in [2.45, 2.75) is 24.4 Å². The van der Waals surface area contributed by atoms with Gasteiger partial charge in [0.1, 0.15) is 11.0 Å². The molecule has 1 unspecified atom stereocenters. The van der Waals surface area contributed by atoms with Crippen LogP contribution in [0.1, 0.15) is 17.5 Å². The SMILES string of the molecule is COc1ccc(CN2C(=O)C(CC(=O)Nc3cccc(C(F)(F)F)c3)SC2=Nc2ccccc2)cc1. The zero-order valence-corrected chi connectivity index (χ0v) is 20.0. The third-order valence-electron chi connectivity index (χ3n) is 5.35. The molecule has 6 nitrogen and oxygen atoms in total. The number of hydrogen-bond acceptors (Lipinski definition) is 5. The van der Waals surface area contributed by atoms with Gasteiger partial charge < -0.3 is 10.1 Å². The van der Waals surface area contributed by atoms with Crippen LogP contribution in [-0.4, -0.2) is 34.2 Å². The fourth-order valence-electron chi connectivity index (χ4n) is 3.55. The van der Waals surface area contributed by atoms with E-state index in [2.05, 4.69) is 10.3 Å². The van der Waals surface area contributed by atoms with E-state index in [0.717, 1.165) is 29.5 Å². The summed E-state index contributed by atoms with van der Waals surface area (Å²) in [4.78, 5) is 32.0. The Morgan fingerprint density at radius 1 is 1.06 bits per heavy atom. The zero-order valence-electron chi connectivity index (χ0n) is 19.2. The molecule has 0 aliphatic carbocycles. The maximum absolute atomic E-state index is 13.3. The van der Waals surface area contributed by atoms with Gasteiger partial charge in [0.25, 0.3) is 0 Å². The highest BCUT2D eigenvalue weighted by molar-refractivity contribution is 8.15. The molecule has 3 aromatic carbocycles. The Bertz CT molecular complexity index is 1260. The summed E-state index contributed by atoms with van der Waals surface area (Å²) in [6, 6.07) is 20.7. The number of alkyl halides is 3. The van der Waals surface area contributed by atoms with Crippen molar-refractivity contribution in [1.82, 2.24) is 4.90 Å². The molecule has 1 aliphatic rings. The number of amides is 2. The lowest BCUT2D eigenvalue weighted by Crippen LogP contribution is -2.33. The molecule has 1 aliphatic heterocycles. The second-order valence-corrected chi connectivity index (χ2v) is 9.11. The van der Waals surface area contributed by atoms with Gasteiger partial charge in [-0.05, 0) is 48.0 Å². The van der Waals surface area contributed by atoms with Gasteiger partial charge in [0.15, 0.2) is 5.17 Å². The molecule has 1 N–H and O–H groups in total. The zero-order chi connectivity index (χ0) is 25.7. The van der Waals surface area contributed by atoms with Crippen LogP contribution in [0.25, 0.3) is 0 Å². The standard InChI is InChI=1S/C26H22F3N3O3S/c1-35-21-12-10-17(11-13-21)16-32-24(34)22(36-25(32)31-19-7-3-2-4-8-19)15-23(33)30-20-9-5-6-18(14-20)26(27,28)29/h2-14,22H,15-16H2,1H3,(H,30,33). The summed E-state index contributed by atoms with van der Waals surface area (Å²) in [7, 11) is 1.56. The van der Waals surface area contributed by atoms with Gasteiger partial charge in [-0.15, -0.1) is 0 Å². The third-order valence-corrected chi connectivity index (χ3v) is 6.52. The Morgan fingerprint density at radius 2 is 1.78 bits per heavy atom. The fourth-order valence-corrected chi connectivity index (χ4v) is 4.71. The summed E-state index contributed by atoms with van der Waals surface area (Å²) in [6.07, 6.45) is -4.74. The number of amidine groups is 1. The van der Waals surface area contributed by atoms with E-state index in [1.54, 1.807) is 31.4 Å². The molecular formula is C26H22F3N3O3S. The Kier molecular flexibility index (Phi) is 7.64. The molecule has 0 bridgehead atoms. The Labute approximate surface area is 210 Å². The van der Waals surface area contributed by atoms with Gasteiger partial charge in [-0.1, -0.05) is 48.2 Å². The predicted octanol–water partition coefficient (Wildman–Crippen LogP) is 5.87. The largest absolute Gasteiger partial charge is 0.497 e. The van der Waals surface area contributed by atoms with Crippen molar-refractivity contribution < 1.29 is 27.5 Å². The number of nitrogens with zero attached hydrogens (tertiary/aromatic N) is 2. The molecule has 1 fully saturated rings. The molecular weight excluding hydrogens is 491 g/mol. The second-order valence-electron chi connectivity index (χ2n) is 7.94. The molecule has 0 spiro atoms. The van der Waals surface area contributed by atoms with Crippen LogP contribution in [0.15, 0.2) is 83.9 Å². The molecule has 1 heterocycles. The number of nitrogens with one attached hydrogen (secondary N) is 1. The van der Waals surface area contributed by atoms with Crippen molar-refractivity contribution in [3.8, 4) is 5.75 Å². The molecule has 10 heteroatoms. The van der Waals surface area contributed by atoms with Crippen molar-refractivity contribution in [2.75, 3.05) is 12.4 Å². The first kappa shape index (κ1) is 25.3. The molecule has 3 aromatic rings. The minimum atomic E-state index is -4.53. The number of ether oxygens (including phenoxy) is 1. The Balaban J connectivity index is 1.51. The van der Waals surface area contributed by atoms with Gasteiger partial charge in [0.05, 0.1) is 24.9 Å². The lowest BCUT2D eigenvalue weighted by Gasteiger charge is -2.17. The number of thioether (sulfide) groups is 1. The number of aliphatic imine (C=N–C) groups is 1. The number of rotatable bonds is 7. The van der Waals surface area contributed by atoms with Crippen LogP contribution in [-0.2, 0) is 22.3 Å². The monoisotopic (exact) mass is 513 g/mol. The van der Waals surface area contributed by atoms with Gasteiger partial charge >= 0.3 is 6.18 Å². The average Bonchev–Trinajstić information content (AvgIpc) is 3.13. The molecule has 0 saturated carbocycles. The molecule has 36 heavy (non-hydrogen) atoms. The minimum absolute atomic E-state index is 0.0125. The predicted molar refractivity (Wildman–Crippen MR) is 133 cm³/mol. The van der Waals surface area contributed by atoms with Crippen LogP contribution in [0, 0.1) is 0 Å². The maximum Gasteiger partial charge on any atom is 0.416 e. The number of anilines is 1. The van der Waals surface area contributed by atoms with Gasteiger partial charge in [-0.3, -0.25) is 14.5 Å². The molecule has 1 saturated heterocycles. The van der Waals surface area contributed by atoms with Crippen LogP contribution in [0.3, 0.4) is 0 Å². The van der Waals surface area contributed by atoms with E-state index >= 15 is 0 Å². The minimum Gasteiger partial charge on any atom is -0.497 e. The summed E-state index contributed by atoms with van der Waals surface area (Å²) < 4.78 is 44.1. The van der Waals surface area contributed by atoms with Crippen molar-refractivity contribution in [3.05, 3.63) is 90.0 Å². The van der Waals surface area contributed by atoms with Crippen molar-refractivity contribution in [1.29, 1.82) is 0 Å². The molecule has 1 atom stereocenters. The smallest absolute Gasteiger partial charge is 0.416 e. The van der Waals surface area contributed by atoms with Crippen molar-refractivity contribution >= 4 is 40.1 Å². The Hall–Kier alpha value is -3.79. The summed E-state index contributed by atoms with van der Waals surface area (Å²) >= 11 is 1.16. The number of hydrogen-bond donors (Lipinski definition) is 1. The summed E-state index contributed by atoms with van der Waals surface area (Å²) in [6.45, 7) is 0.243. The van der Waals surface area contributed by atoms with Crippen LogP contribution in [0.2, 0.25) is 0 Å². The normalized spacial score (nSPS) is 16.9. The van der Waals surface area contributed by atoms with E-state index in [0.29, 0.717) is 16.6 Å². The van der Waals surface area contributed by atoms with Gasteiger partial charge in [0.2, 0.25) is 11.8 Å². The van der Waals surface area contributed by atoms with Gasteiger partial charge in [-0.25, -0.2) is 4.99 Å². The fraction of sp³-hybridized carbons (Fsp3) is 0.192. The average molecular weight is 514 g/mol. The van der Waals surface area contributed by atoms with Crippen LogP contribution >= 0.6 is 11.8 Å². The first-order valence-electron chi connectivity index (χ1n) is 10.9. The summed E-state index contributed by atoms with van der Waals surface area (Å²) in [5, 5.41) is 2.14. The molecule has 186 valence electrons. The number of benzene rings is 3. The highest BCUT2D eigenvalue weighted by Gasteiger charge is 2.39. The first-order chi connectivity index (χ1) is 17.2. The summed E-state index contributed by atoms with van der Waals surface area (Å²) in [5.41, 5.74) is 0.647. The number of para-hydroxylation sites is 1. The van der Waals surface area contributed by atoms with E-state index in [9.17, 15) is 22.8 Å². The molecule has 4 rings (SSSR count). The van der Waals surface area contributed by atoms with Crippen LogP contribution in [0.4, 0.5) is 24.5 Å². The van der Waals surface area contributed by atoms with E-state index in [1.165, 1.54) is 17.0 Å². The van der Waals surface area contributed by atoms with Crippen LogP contribution in [0.5, 0.6) is 5.75 Å². The van der Waals surface area contributed by atoms with Crippen molar-refractivity contribution in [2.24, 2.45) is 4.99 Å². The van der Waals surface area contributed by atoms with Crippen molar-refractivity contribution in [3.63, 3.8) is 0 Å². The third kappa shape index (κ3) is 6.25. The number of carbonyl (C=O) groups excluding carboxylic acids is 2. The topological polar surface area (TPSA) is 71.0 Å². The summed E-state index contributed by atoms with van der Waals surface area (Å²) in [5.74, 6) is -0.182.